The second-order valence-corrected chi connectivity index (χ2v) is 4.65. The molecule has 0 amide bonds. The Morgan fingerprint density at radius 1 is 1.35 bits per heavy atom. The first kappa shape index (κ1) is 12.2. The van der Waals surface area contributed by atoms with Crippen molar-refractivity contribution in [3.05, 3.63) is 23.8 Å². The highest BCUT2D eigenvalue weighted by atomic mass is 16.5. The minimum atomic E-state index is -0.713. The summed E-state index contributed by atoms with van der Waals surface area (Å²) in [5, 5.41) is 23.4. The van der Waals surface area contributed by atoms with Crippen molar-refractivity contribution in [3.63, 3.8) is 0 Å². The summed E-state index contributed by atoms with van der Waals surface area (Å²) in [5.41, 5.74) is 0.0310. The molecule has 0 radical (unpaired) electrons. The van der Waals surface area contributed by atoms with Crippen molar-refractivity contribution in [2.24, 2.45) is 0 Å². The van der Waals surface area contributed by atoms with Gasteiger partial charge in [0.15, 0.2) is 0 Å². The molecular formula is C13H19NO3. The Kier molecular flexibility index (Phi) is 3.54. The summed E-state index contributed by atoms with van der Waals surface area (Å²) < 4.78 is 5.13. The largest absolute Gasteiger partial charge is 0.508 e. The molecule has 1 saturated heterocycles. The molecule has 0 atom stereocenters. The van der Waals surface area contributed by atoms with E-state index in [4.69, 9.17) is 4.74 Å². The standard InChI is InChI=1S/C13H19NO3/c1-17-11-2-3-12(15)10(8-11)9-13(16)4-6-14-7-5-13/h2-3,8,14-16H,4-7,9H2,1H3. The van der Waals surface area contributed by atoms with Gasteiger partial charge in [-0.1, -0.05) is 0 Å². The topological polar surface area (TPSA) is 61.7 Å². The number of hydrogen-bond acceptors (Lipinski definition) is 4. The van der Waals surface area contributed by atoms with Crippen molar-refractivity contribution >= 4 is 0 Å². The summed E-state index contributed by atoms with van der Waals surface area (Å²) in [7, 11) is 1.59. The summed E-state index contributed by atoms with van der Waals surface area (Å²) in [6, 6.07) is 5.11. The van der Waals surface area contributed by atoms with E-state index in [-0.39, 0.29) is 5.75 Å². The Bertz CT molecular complexity index is 386. The third kappa shape index (κ3) is 2.90. The summed E-state index contributed by atoms with van der Waals surface area (Å²) in [5.74, 6) is 0.924. The number of phenolic OH excluding ortho intramolecular Hbond substituents is 1. The van der Waals surface area contributed by atoms with E-state index >= 15 is 0 Å². The highest BCUT2D eigenvalue weighted by Crippen LogP contribution is 2.30. The van der Waals surface area contributed by atoms with Gasteiger partial charge in [-0.25, -0.2) is 0 Å². The Morgan fingerprint density at radius 3 is 2.71 bits per heavy atom. The lowest BCUT2D eigenvalue weighted by Crippen LogP contribution is -2.43. The molecule has 1 aromatic rings. The zero-order valence-electron chi connectivity index (χ0n) is 10.1. The average molecular weight is 237 g/mol. The molecule has 1 aliphatic heterocycles. The number of aliphatic hydroxyl groups is 1. The Morgan fingerprint density at radius 2 is 2.06 bits per heavy atom. The molecule has 0 aromatic heterocycles. The average Bonchev–Trinajstić information content (AvgIpc) is 2.33. The summed E-state index contributed by atoms with van der Waals surface area (Å²) in [4.78, 5) is 0. The minimum absolute atomic E-state index is 0.220. The van der Waals surface area contributed by atoms with Crippen LogP contribution in [0.4, 0.5) is 0 Å². The monoisotopic (exact) mass is 237 g/mol. The van der Waals surface area contributed by atoms with Crippen LogP contribution in [-0.4, -0.2) is 36.0 Å². The number of phenols is 1. The van der Waals surface area contributed by atoms with Crippen LogP contribution in [0.5, 0.6) is 11.5 Å². The predicted molar refractivity (Wildman–Crippen MR) is 65.4 cm³/mol. The molecule has 1 aromatic carbocycles. The lowest BCUT2D eigenvalue weighted by atomic mass is 9.86. The molecule has 1 heterocycles. The van der Waals surface area contributed by atoms with Crippen LogP contribution in [-0.2, 0) is 6.42 Å². The van der Waals surface area contributed by atoms with Crippen LogP contribution in [0.3, 0.4) is 0 Å². The fraction of sp³-hybridized carbons (Fsp3) is 0.538. The molecular weight excluding hydrogens is 218 g/mol. The van der Waals surface area contributed by atoms with Gasteiger partial charge in [0, 0.05) is 12.0 Å². The van der Waals surface area contributed by atoms with Crippen LogP contribution in [0.15, 0.2) is 18.2 Å². The first-order valence-electron chi connectivity index (χ1n) is 5.92. The van der Waals surface area contributed by atoms with Crippen LogP contribution >= 0.6 is 0 Å². The quantitative estimate of drug-likeness (QED) is 0.735. The Labute approximate surface area is 101 Å². The van der Waals surface area contributed by atoms with E-state index in [0.717, 1.165) is 18.7 Å². The molecule has 1 aliphatic rings. The van der Waals surface area contributed by atoms with Gasteiger partial charge in [0.05, 0.1) is 12.7 Å². The molecule has 0 aliphatic carbocycles. The van der Waals surface area contributed by atoms with E-state index in [9.17, 15) is 10.2 Å². The Balaban J connectivity index is 2.16. The minimum Gasteiger partial charge on any atom is -0.508 e. The number of rotatable bonds is 3. The maximum atomic E-state index is 10.4. The molecule has 4 heteroatoms. The highest BCUT2D eigenvalue weighted by Gasteiger charge is 2.30. The number of piperidine rings is 1. The van der Waals surface area contributed by atoms with Crippen LogP contribution in [0.25, 0.3) is 0 Å². The van der Waals surface area contributed by atoms with Crippen molar-refractivity contribution in [2.45, 2.75) is 24.9 Å². The predicted octanol–water partition coefficient (Wildman–Crippen LogP) is 1.06. The zero-order chi connectivity index (χ0) is 12.3. The number of hydrogen-bond donors (Lipinski definition) is 3. The van der Waals surface area contributed by atoms with Crippen molar-refractivity contribution in [2.75, 3.05) is 20.2 Å². The summed E-state index contributed by atoms with van der Waals surface area (Å²) >= 11 is 0. The van der Waals surface area contributed by atoms with Crippen molar-refractivity contribution in [1.82, 2.24) is 5.32 Å². The number of ether oxygens (including phenoxy) is 1. The fourth-order valence-corrected chi connectivity index (χ4v) is 2.25. The zero-order valence-corrected chi connectivity index (χ0v) is 10.1. The van der Waals surface area contributed by atoms with Crippen LogP contribution in [0.2, 0.25) is 0 Å². The fourth-order valence-electron chi connectivity index (χ4n) is 2.25. The van der Waals surface area contributed by atoms with E-state index in [1.54, 1.807) is 25.3 Å². The van der Waals surface area contributed by atoms with Crippen LogP contribution in [0, 0.1) is 0 Å². The van der Waals surface area contributed by atoms with Gasteiger partial charge in [0.2, 0.25) is 0 Å². The lowest BCUT2D eigenvalue weighted by molar-refractivity contribution is 0.0104. The van der Waals surface area contributed by atoms with Gasteiger partial charge in [0.1, 0.15) is 11.5 Å². The van der Waals surface area contributed by atoms with Gasteiger partial charge in [-0.15, -0.1) is 0 Å². The molecule has 0 saturated carbocycles. The smallest absolute Gasteiger partial charge is 0.119 e. The van der Waals surface area contributed by atoms with Crippen molar-refractivity contribution in [3.8, 4) is 11.5 Å². The van der Waals surface area contributed by atoms with Gasteiger partial charge in [-0.3, -0.25) is 0 Å². The van der Waals surface area contributed by atoms with Crippen LogP contribution in [0.1, 0.15) is 18.4 Å². The SMILES string of the molecule is COc1ccc(O)c(CC2(O)CCNCC2)c1. The van der Waals surface area contributed by atoms with E-state index in [2.05, 4.69) is 5.32 Å². The van der Waals surface area contributed by atoms with Gasteiger partial charge in [-0.05, 0) is 44.1 Å². The Hall–Kier alpha value is -1.26. The highest BCUT2D eigenvalue weighted by molar-refractivity contribution is 5.40. The molecule has 0 spiro atoms. The van der Waals surface area contributed by atoms with E-state index in [1.807, 2.05) is 0 Å². The molecule has 3 N–H and O–H groups in total. The van der Waals surface area contributed by atoms with Crippen LogP contribution < -0.4 is 10.1 Å². The number of aromatic hydroxyl groups is 1. The van der Waals surface area contributed by atoms with Gasteiger partial charge >= 0.3 is 0 Å². The van der Waals surface area contributed by atoms with E-state index < -0.39 is 5.60 Å². The van der Waals surface area contributed by atoms with Crippen molar-refractivity contribution < 1.29 is 14.9 Å². The second-order valence-electron chi connectivity index (χ2n) is 4.65. The van der Waals surface area contributed by atoms with Gasteiger partial charge < -0.3 is 20.3 Å². The normalized spacial score (nSPS) is 18.9. The number of methoxy groups -OCH3 is 1. The third-order valence-electron chi connectivity index (χ3n) is 3.34. The van der Waals surface area contributed by atoms with E-state index in [0.29, 0.717) is 25.0 Å². The maximum Gasteiger partial charge on any atom is 0.119 e. The molecule has 0 unspecified atom stereocenters. The first-order valence-corrected chi connectivity index (χ1v) is 5.92. The molecule has 4 nitrogen and oxygen atoms in total. The van der Waals surface area contributed by atoms with E-state index in [1.165, 1.54) is 0 Å². The lowest BCUT2D eigenvalue weighted by Gasteiger charge is -2.32. The second kappa shape index (κ2) is 4.94. The summed E-state index contributed by atoms with van der Waals surface area (Å²) in [6.07, 6.45) is 1.89. The van der Waals surface area contributed by atoms with Crippen molar-refractivity contribution in [1.29, 1.82) is 0 Å². The maximum absolute atomic E-state index is 10.4. The number of nitrogens with one attached hydrogen (secondary N) is 1. The van der Waals surface area contributed by atoms with Gasteiger partial charge in [0.25, 0.3) is 0 Å². The third-order valence-corrected chi connectivity index (χ3v) is 3.34. The first-order chi connectivity index (χ1) is 8.13. The molecule has 1 fully saturated rings. The molecule has 0 bridgehead atoms. The summed E-state index contributed by atoms with van der Waals surface area (Å²) in [6.45, 7) is 1.64. The number of benzene rings is 1. The molecule has 94 valence electrons. The molecule has 17 heavy (non-hydrogen) atoms. The molecule has 2 rings (SSSR count). The van der Waals surface area contributed by atoms with Gasteiger partial charge in [-0.2, -0.15) is 0 Å².